The number of benzene rings is 1. The second-order valence-corrected chi connectivity index (χ2v) is 5.12. The zero-order valence-corrected chi connectivity index (χ0v) is 8.95. The molecule has 1 aromatic carbocycles. The molecule has 0 saturated heterocycles. The molecule has 1 heterocycles. The molecule has 0 aliphatic heterocycles. The van der Waals surface area contributed by atoms with E-state index < -0.39 is 0 Å². The molecule has 0 atom stereocenters. The first-order valence-corrected chi connectivity index (χ1v) is 5.30. The summed E-state index contributed by atoms with van der Waals surface area (Å²) < 4.78 is 14.9. The summed E-state index contributed by atoms with van der Waals surface area (Å²) in [6.45, 7) is -0.124. The van der Waals surface area contributed by atoms with Crippen LogP contribution in [-0.2, 0) is 6.61 Å². The Morgan fingerprint density at radius 2 is 2.15 bits per heavy atom. The van der Waals surface area contributed by atoms with Crippen molar-refractivity contribution in [2.75, 3.05) is 0 Å². The zero-order chi connectivity index (χ0) is 9.42. The molecule has 0 unspecified atom stereocenters. The fraction of sp³-hybridized carbons (Fsp3) is 0.111. The molecule has 2 aromatic rings. The van der Waals surface area contributed by atoms with Crippen LogP contribution in [0.1, 0.15) is 5.56 Å². The highest BCUT2D eigenvalue weighted by Gasteiger charge is 2.06. The summed E-state index contributed by atoms with van der Waals surface area (Å²) in [5.41, 5.74) is 0.644. The van der Waals surface area contributed by atoms with E-state index in [0.717, 1.165) is 13.9 Å². The lowest BCUT2D eigenvalue weighted by molar-refractivity contribution is 0.283. The van der Waals surface area contributed by atoms with Crippen LogP contribution in [0.25, 0.3) is 10.1 Å². The molecule has 1 nitrogen and oxygen atoms in total. The van der Waals surface area contributed by atoms with Gasteiger partial charge in [0.1, 0.15) is 5.82 Å². The highest BCUT2D eigenvalue weighted by atomic mass is 79.9. The molecule has 1 aromatic heterocycles. The summed E-state index contributed by atoms with van der Waals surface area (Å²) >= 11 is 4.83. The topological polar surface area (TPSA) is 20.2 Å². The number of fused-ring (bicyclic) bond motifs is 1. The molecule has 0 aliphatic rings. The normalized spacial score (nSPS) is 11.0. The lowest BCUT2D eigenvalue weighted by Gasteiger charge is -1.98. The number of hydrogen-bond acceptors (Lipinski definition) is 2. The van der Waals surface area contributed by atoms with Crippen LogP contribution >= 0.6 is 27.3 Å². The second-order valence-electron chi connectivity index (χ2n) is 2.69. The number of halogens is 2. The first kappa shape index (κ1) is 9.12. The maximum Gasteiger partial charge on any atom is 0.124 e. The Hall–Kier alpha value is -0.450. The van der Waals surface area contributed by atoms with Crippen molar-refractivity contribution < 1.29 is 9.50 Å². The van der Waals surface area contributed by atoms with Crippen molar-refractivity contribution in [3.63, 3.8) is 0 Å². The van der Waals surface area contributed by atoms with Gasteiger partial charge < -0.3 is 5.11 Å². The maximum absolute atomic E-state index is 13.0. The van der Waals surface area contributed by atoms with Gasteiger partial charge in [-0.15, -0.1) is 11.3 Å². The molecule has 0 saturated carbocycles. The van der Waals surface area contributed by atoms with Crippen LogP contribution in [0.15, 0.2) is 22.0 Å². The van der Waals surface area contributed by atoms with E-state index >= 15 is 0 Å². The summed E-state index contributed by atoms with van der Waals surface area (Å²) in [5.74, 6) is -0.304. The van der Waals surface area contributed by atoms with Gasteiger partial charge in [0, 0.05) is 4.70 Å². The molecular formula is C9H6BrFOS. The van der Waals surface area contributed by atoms with Gasteiger partial charge in [-0.25, -0.2) is 4.39 Å². The number of aliphatic hydroxyl groups is 1. The van der Waals surface area contributed by atoms with Gasteiger partial charge in [0.2, 0.25) is 0 Å². The van der Waals surface area contributed by atoms with E-state index in [9.17, 15) is 4.39 Å². The fourth-order valence-corrected chi connectivity index (χ4v) is 2.87. The highest BCUT2D eigenvalue weighted by molar-refractivity contribution is 9.11. The Balaban J connectivity index is 2.80. The average molecular weight is 261 g/mol. The second kappa shape index (κ2) is 3.36. The molecule has 0 aliphatic carbocycles. The zero-order valence-electron chi connectivity index (χ0n) is 6.55. The van der Waals surface area contributed by atoms with E-state index in [1.165, 1.54) is 23.5 Å². The van der Waals surface area contributed by atoms with Gasteiger partial charge in [0.05, 0.1) is 10.4 Å². The third-order valence-corrected chi connectivity index (χ3v) is 3.53. The molecule has 0 spiro atoms. The van der Waals surface area contributed by atoms with Crippen molar-refractivity contribution in [1.29, 1.82) is 0 Å². The van der Waals surface area contributed by atoms with Gasteiger partial charge in [0.25, 0.3) is 0 Å². The van der Waals surface area contributed by atoms with Crippen LogP contribution < -0.4 is 0 Å². The lowest BCUT2D eigenvalue weighted by atomic mass is 10.2. The van der Waals surface area contributed by atoms with E-state index in [0.29, 0.717) is 5.56 Å². The first-order valence-electron chi connectivity index (χ1n) is 3.69. The number of thiophene rings is 1. The minimum absolute atomic E-state index is 0.124. The van der Waals surface area contributed by atoms with Crippen LogP contribution in [0, 0.1) is 5.82 Å². The predicted octanol–water partition coefficient (Wildman–Crippen LogP) is 3.30. The summed E-state index contributed by atoms with van der Waals surface area (Å²) in [4.78, 5) is 0. The van der Waals surface area contributed by atoms with Gasteiger partial charge in [-0.2, -0.15) is 0 Å². The van der Waals surface area contributed by atoms with Crippen molar-refractivity contribution >= 4 is 37.4 Å². The smallest absolute Gasteiger partial charge is 0.124 e. The summed E-state index contributed by atoms with van der Waals surface area (Å²) in [5, 5.41) is 9.83. The largest absolute Gasteiger partial charge is 0.392 e. The third-order valence-electron chi connectivity index (χ3n) is 1.80. The summed E-state index contributed by atoms with van der Waals surface area (Å²) in [6, 6.07) is 4.68. The van der Waals surface area contributed by atoms with E-state index in [2.05, 4.69) is 15.9 Å². The Bertz CT molecular complexity index is 452. The van der Waals surface area contributed by atoms with E-state index in [4.69, 9.17) is 5.11 Å². The van der Waals surface area contributed by atoms with Crippen molar-refractivity contribution in [2.45, 2.75) is 6.61 Å². The van der Waals surface area contributed by atoms with E-state index in [1.54, 1.807) is 0 Å². The Morgan fingerprint density at radius 1 is 1.38 bits per heavy atom. The van der Waals surface area contributed by atoms with Crippen LogP contribution in [0.5, 0.6) is 0 Å². The van der Waals surface area contributed by atoms with Crippen molar-refractivity contribution in [3.05, 3.63) is 33.4 Å². The predicted molar refractivity (Wildman–Crippen MR) is 55.4 cm³/mol. The monoisotopic (exact) mass is 260 g/mol. The molecule has 68 valence electrons. The quantitative estimate of drug-likeness (QED) is 0.835. The molecule has 13 heavy (non-hydrogen) atoms. The molecule has 0 fully saturated rings. The SMILES string of the molecule is OCc1cc(F)cc2cc(Br)sc12. The minimum Gasteiger partial charge on any atom is -0.392 e. The highest BCUT2D eigenvalue weighted by Crippen LogP contribution is 2.32. The molecule has 0 bridgehead atoms. The fourth-order valence-electron chi connectivity index (χ4n) is 1.27. The number of hydrogen-bond donors (Lipinski definition) is 1. The molecular weight excluding hydrogens is 255 g/mol. The van der Waals surface area contributed by atoms with Crippen LogP contribution in [0.2, 0.25) is 0 Å². The standard InChI is InChI=1S/C9H6BrFOS/c10-8-3-5-1-7(11)2-6(4-12)9(5)13-8/h1-3,12H,4H2. The van der Waals surface area contributed by atoms with Crippen molar-refractivity contribution in [3.8, 4) is 0 Å². The third kappa shape index (κ3) is 1.61. The van der Waals surface area contributed by atoms with Crippen LogP contribution in [0.3, 0.4) is 0 Å². The van der Waals surface area contributed by atoms with Crippen molar-refractivity contribution in [2.24, 2.45) is 0 Å². The van der Waals surface area contributed by atoms with Gasteiger partial charge in [0.15, 0.2) is 0 Å². The van der Waals surface area contributed by atoms with Crippen molar-refractivity contribution in [1.82, 2.24) is 0 Å². The Kier molecular flexibility index (Phi) is 2.36. The molecule has 1 N–H and O–H groups in total. The Labute approximate surface area is 86.9 Å². The first-order chi connectivity index (χ1) is 6.20. The lowest BCUT2D eigenvalue weighted by Crippen LogP contribution is -1.84. The van der Waals surface area contributed by atoms with E-state index in [-0.39, 0.29) is 12.4 Å². The average Bonchev–Trinajstić information content (AvgIpc) is 2.43. The number of rotatable bonds is 1. The minimum atomic E-state index is -0.304. The number of aliphatic hydroxyl groups excluding tert-OH is 1. The molecule has 0 amide bonds. The molecule has 0 radical (unpaired) electrons. The maximum atomic E-state index is 13.0. The van der Waals surface area contributed by atoms with Gasteiger partial charge >= 0.3 is 0 Å². The summed E-state index contributed by atoms with van der Waals surface area (Å²) in [6.07, 6.45) is 0. The summed E-state index contributed by atoms with van der Waals surface area (Å²) in [7, 11) is 0. The van der Waals surface area contributed by atoms with Gasteiger partial charge in [-0.1, -0.05) is 0 Å². The Morgan fingerprint density at radius 3 is 2.85 bits per heavy atom. The molecule has 2 rings (SSSR count). The van der Waals surface area contributed by atoms with Gasteiger partial charge in [-0.3, -0.25) is 0 Å². The van der Waals surface area contributed by atoms with Crippen LogP contribution in [0.4, 0.5) is 4.39 Å². The van der Waals surface area contributed by atoms with E-state index in [1.807, 2.05) is 6.07 Å². The van der Waals surface area contributed by atoms with Gasteiger partial charge in [-0.05, 0) is 45.1 Å². The molecule has 4 heteroatoms. The van der Waals surface area contributed by atoms with Crippen LogP contribution in [-0.4, -0.2) is 5.11 Å².